The summed E-state index contributed by atoms with van der Waals surface area (Å²) in [5.74, 6) is 0.347. The highest BCUT2D eigenvalue weighted by molar-refractivity contribution is 6.11. The topological polar surface area (TPSA) is 4.93 Å². The van der Waals surface area contributed by atoms with Crippen LogP contribution >= 0.6 is 0 Å². The van der Waals surface area contributed by atoms with E-state index in [1.165, 1.54) is 38.6 Å². The molecule has 1 heterocycles. The van der Waals surface area contributed by atoms with Crippen LogP contribution in [-0.4, -0.2) is 4.57 Å². The lowest BCUT2D eigenvalue weighted by atomic mass is 9.95. The third-order valence-electron chi connectivity index (χ3n) is 5.06. The molecule has 0 saturated heterocycles. The molecule has 0 aliphatic carbocycles. The molecule has 27 heavy (non-hydrogen) atoms. The van der Waals surface area contributed by atoms with Gasteiger partial charge in [0.05, 0.1) is 11.0 Å². The zero-order chi connectivity index (χ0) is 18.8. The van der Waals surface area contributed by atoms with Gasteiger partial charge in [-0.15, -0.1) is 0 Å². The van der Waals surface area contributed by atoms with E-state index in [2.05, 4.69) is 116 Å². The number of fused-ring (bicyclic) bond motifs is 3. The molecule has 3 aromatic carbocycles. The van der Waals surface area contributed by atoms with Crippen molar-refractivity contribution in [1.29, 1.82) is 0 Å². The second kappa shape index (κ2) is 7.28. The third kappa shape index (κ3) is 3.21. The lowest BCUT2D eigenvalue weighted by Gasteiger charge is -2.11. The van der Waals surface area contributed by atoms with Crippen LogP contribution in [0, 0.1) is 0 Å². The summed E-state index contributed by atoms with van der Waals surface area (Å²) in [6.07, 6.45) is 6.63. The summed E-state index contributed by atoms with van der Waals surface area (Å²) >= 11 is 0. The molecule has 1 heteroatoms. The molecule has 1 atom stereocenters. The van der Waals surface area contributed by atoms with Gasteiger partial charge in [0.2, 0.25) is 0 Å². The Morgan fingerprint density at radius 3 is 2.30 bits per heavy atom. The molecule has 0 saturated carbocycles. The molecule has 0 aliphatic heterocycles. The average molecular weight is 351 g/mol. The summed E-state index contributed by atoms with van der Waals surface area (Å²) in [4.78, 5) is 0. The first kappa shape index (κ1) is 17.4. The van der Waals surface area contributed by atoms with Gasteiger partial charge in [0.15, 0.2) is 0 Å². The predicted octanol–water partition coefficient (Wildman–Crippen LogP) is 7.41. The number of hydrogen-bond donors (Lipinski definition) is 0. The Kier molecular flexibility index (Phi) is 4.68. The SMILES string of the molecule is CC(C)=C/C=C\C(C)c1cccc2c1c1ccccc1n2-c1ccccc1. The Balaban J connectivity index is 1.99. The fourth-order valence-electron chi connectivity index (χ4n) is 3.80. The van der Waals surface area contributed by atoms with Crippen LogP contribution in [0.5, 0.6) is 0 Å². The molecule has 0 N–H and O–H groups in total. The van der Waals surface area contributed by atoms with E-state index in [4.69, 9.17) is 0 Å². The largest absolute Gasteiger partial charge is 0.309 e. The summed E-state index contributed by atoms with van der Waals surface area (Å²) in [6.45, 7) is 6.53. The molecule has 4 rings (SSSR count). The lowest BCUT2D eigenvalue weighted by Crippen LogP contribution is -1.94. The molecule has 4 aromatic rings. The van der Waals surface area contributed by atoms with E-state index < -0.39 is 0 Å². The van der Waals surface area contributed by atoms with Gasteiger partial charge < -0.3 is 4.57 Å². The molecule has 1 unspecified atom stereocenters. The van der Waals surface area contributed by atoms with Crippen molar-refractivity contribution in [2.24, 2.45) is 0 Å². The first-order valence-electron chi connectivity index (χ1n) is 9.56. The van der Waals surface area contributed by atoms with E-state index in [1.54, 1.807) is 0 Å². The van der Waals surface area contributed by atoms with Crippen molar-refractivity contribution < 1.29 is 0 Å². The second-order valence-corrected chi connectivity index (χ2v) is 7.35. The van der Waals surface area contributed by atoms with Gasteiger partial charge in [-0.05, 0) is 49.6 Å². The zero-order valence-corrected chi connectivity index (χ0v) is 16.2. The summed E-state index contributed by atoms with van der Waals surface area (Å²) in [5.41, 5.74) is 6.41. The minimum Gasteiger partial charge on any atom is -0.309 e. The molecule has 134 valence electrons. The molecule has 0 bridgehead atoms. The van der Waals surface area contributed by atoms with Crippen molar-refractivity contribution in [1.82, 2.24) is 4.57 Å². The van der Waals surface area contributed by atoms with Crippen molar-refractivity contribution in [2.45, 2.75) is 26.7 Å². The van der Waals surface area contributed by atoms with Gasteiger partial charge in [0, 0.05) is 16.5 Å². The van der Waals surface area contributed by atoms with Gasteiger partial charge in [-0.1, -0.05) is 79.3 Å². The molecule has 0 spiro atoms. The normalized spacial score (nSPS) is 12.7. The van der Waals surface area contributed by atoms with Gasteiger partial charge in [0.1, 0.15) is 0 Å². The Bertz CT molecular complexity index is 1140. The highest BCUT2D eigenvalue weighted by Crippen LogP contribution is 2.36. The number of hydrogen-bond acceptors (Lipinski definition) is 0. The number of allylic oxidation sites excluding steroid dienone is 4. The number of aromatic nitrogens is 1. The number of nitrogens with zero attached hydrogens (tertiary/aromatic N) is 1. The van der Waals surface area contributed by atoms with Crippen molar-refractivity contribution in [3.63, 3.8) is 0 Å². The van der Waals surface area contributed by atoms with E-state index in [0.29, 0.717) is 5.92 Å². The molecule has 0 amide bonds. The molecular weight excluding hydrogens is 326 g/mol. The second-order valence-electron chi connectivity index (χ2n) is 7.35. The van der Waals surface area contributed by atoms with Crippen LogP contribution in [0.15, 0.2) is 96.6 Å². The van der Waals surface area contributed by atoms with Crippen LogP contribution < -0.4 is 0 Å². The van der Waals surface area contributed by atoms with Crippen LogP contribution in [0.2, 0.25) is 0 Å². The summed E-state index contributed by atoms with van der Waals surface area (Å²) in [7, 11) is 0. The van der Waals surface area contributed by atoms with Crippen molar-refractivity contribution >= 4 is 21.8 Å². The number of para-hydroxylation sites is 2. The molecule has 0 aliphatic rings. The van der Waals surface area contributed by atoms with Crippen molar-refractivity contribution in [2.75, 3.05) is 0 Å². The van der Waals surface area contributed by atoms with Gasteiger partial charge in [0.25, 0.3) is 0 Å². The zero-order valence-electron chi connectivity index (χ0n) is 16.2. The van der Waals surface area contributed by atoms with Gasteiger partial charge in [-0.25, -0.2) is 0 Å². The van der Waals surface area contributed by atoms with Gasteiger partial charge >= 0.3 is 0 Å². The molecule has 1 nitrogen and oxygen atoms in total. The monoisotopic (exact) mass is 351 g/mol. The smallest absolute Gasteiger partial charge is 0.0544 e. The minimum absolute atomic E-state index is 0.347. The van der Waals surface area contributed by atoms with E-state index >= 15 is 0 Å². The number of rotatable bonds is 4. The Hall–Kier alpha value is -3.06. The predicted molar refractivity (Wildman–Crippen MR) is 118 cm³/mol. The van der Waals surface area contributed by atoms with Gasteiger partial charge in [-0.2, -0.15) is 0 Å². The van der Waals surface area contributed by atoms with E-state index in [9.17, 15) is 0 Å². The molecule has 0 radical (unpaired) electrons. The Labute approximate surface area is 161 Å². The van der Waals surface area contributed by atoms with Crippen LogP contribution in [0.25, 0.3) is 27.5 Å². The van der Waals surface area contributed by atoms with Gasteiger partial charge in [-0.3, -0.25) is 0 Å². The standard InChI is InChI=1S/C26H25N/c1-19(2)11-9-12-20(3)22-16-10-18-25-26(22)23-15-7-8-17-24(23)27(25)21-13-5-4-6-14-21/h4-18,20H,1-3H3/b12-9-. The van der Waals surface area contributed by atoms with E-state index in [-0.39, 0.29) is 0 Å². The highest BCUT2D eigenvalue weighted by Gasteiger charge is 2.16. The average Bonchev–Trinajstić information content (AvgIpc) is 3.03. The van der Waals surface area contributed by atoms with Crippen molar-refractivity contribution in [3.05, 3.63) is 102 Å². The molecular formula is C26H25N. The van der Waals surface area contributed by atoms with Crippen LogP contribution in [0.3, 0.4) is 0 Å². The molecule has 0 fully saturated rings. The maximum Gasteiger partial charge on any atom is 0.0544 e. The van der Waals surface area contributed by atoms with Crippen LogP contribution in [0.1, 0.15) is 32.3 Å². The Morgan fingerprint density at radius 2 is 1.52 bits per heavy atom. The highest BCUT2D eigenvalue weighted by atomic mass is 15.0. The lowest BCUT2D eigenvalue weighted by molar-refractivity contribution is 0.980. The quantitative estimate of drug-likeness (QED) is 0.337. The first-order chi connectivity index (χ1) is 13.2. The minimum atomic E-state index is 0.347. The summed E-state index contributed by atoms with van der Waals surface area (Å²) in [5, 5.41) is 2.67. The fraction of sp³-hybridized carbons (Fsp3) is 0.154. The Morgan fingerprint density at radius 1 is 0.815 bits per heavy atom. The van der Waals surface area contributed by atoms with Crippen LogP contribution in [0.4, 0.5) is 0 Å². The first-order valence-corrected chi connectivity index (χ1v) is 9.56. The maximum atomic E-state index is 2.38. The maximum absolute atomic E-state index is 2.38. The summed E-state index contributed by atoms with van der Waals surface area (Å²) in [6, 6.07) is 26.0. The fourth-order valence-corrected chi connectivity index (χ4v) is 3.80. The number of benzene rings is 3. The van der Waals surface area contributed by atoms with E-state index in [0.717, 1.165) is 0 Å². The third-order valence-corrected chi connectivity index (χ3v) is 5.06. The van der Waals surface area contributed by atoms with E-state index in [1.807, 2.05) is 0 Å². The molecule has 1 aromatic heterocycles. The van der Waals surface area contributed by atoms with Crippen molar-refractivity contribution in [3.8, 4) is 5.69 Å². The van der Waals surface area contributed by atoms with Crippen LogP contribution in [-0.2, 0) is 0 Å². The summed E-state index contributed by atoms with van der Waals surface area (Å²) < 4.78 is 2.38.